The number of nitriles is 1. The molecule has 0 aromatic carbocycles. The molecule has 0 saturated heterocycles. The Kier molecular flexibility index (Phi) is 6.88. The van der Waals surface area contributed by atoms with Crippen LogP contribution in [-0.2, 0) is 4.79 Å². The van der Waals surface area contributed by atoms with Crippen LogP contribution in [0.3, 0.4) is 0 Å². The van der Waals surface area contributed by atoms with Gasteiger partial charge in [-0.05, 0) is 31.9 Å². The molecule has 1 saturated carbocycles. The van der Waals surface area contributed by atoms with E-state index in [1.54, 1.807) is 0 Å². The van der Waals surface area contributed by atoms with Crippen molar-refractivity contribution in [2.75, 3.05) is 12.8 Å². The Morgan fingerprint density at radius 1 is 1.30 bits per heavy atom. The highest BCUT2D eigenvalue weighted by Gasteiger charge is 2.39. The molecule has 0 unspecified atom stereocenters. The Bertz CT molecular complexity index is 350. The third-order valence-corrected chi connectivity index (χ3v) is 5.94. The summed E-state index contributed by atoms with van der Waals surface area (Å²) in [7, 11) is 0. The zero-order chi connectivity index (χ0) is 15.1. The molecule has 0 bridgehead atoms. The topological polar surface area (TPSA) is 52.9 Å². The molecule has 1 amide bonds. The van der Waals surface area contributed by atoms with Crippen LogP contribution in [0.1, 0.15) is 65.2 Å². The summed E-state index contributed by atoms with van der Waals surface area (Å²) in [5.41, 5.74) is -0.818. The number of hydrogen-bond acceptors (Lipinski definition) is 3. The van der Waals surface area contributed by atoms with E-state index in [0.29, 0.717) is 19.4 Å². The fraction of sp³-hybridized carbons (Fsp3) is 0.875. The Balaban J connectivity index is 2.69. The first-order valence-corrected chi connectivity index (χ1v) is 9.05. The first-order chi connectivity index (χ1) is 9.58. The SMILES string of the molecule is CCCC(C#N)(CCC)C(=O)NCC1(SC)CCCC1. The summed E-state index contributed by atoms with van der Waals surface area (Å²) in [4.78, 5) is 12.5. The molecule has 0 heterocycles. The molecule has 1 aliphatic rings. The fourth-order valence-electron chi connectivity index (χ4n) is 3.25. The van der Waals surface area contributed by atoms with Gasteiger partial charge in [0.1, 0.15) is 5.41 Å². The van der Waals surface area contributed by atoms with Crippen molar-refractivity contribution in [3.63, 3.8) is 0 Å². The van der Waals surface area contributed by atoms with E-state index in [4.69, 9.17) is 0 Å². The molecule has 0 aliphatic heterocycles. The average Bonchev–Trinajstić information content (AvgIpc) is 2.94. The Morgan fingerprint density at radius 2 is 1.85 bits per heavy atom. The van der Waals surface area contributed by atoms with Gasteiger partial charge in [-0.2, -0.15) is 17.0 Å². The van der Waals surface area contributed by atoms with E-state index in [2.05, 4.69) is 17.6 Å². The van der Waals surface area contributed by atoms with Crippen LogP contribution in [0.4, 0.5) is 0 Å². The van der Waals surface area contributed by atoms with E-state index < -0.39 is 5.41 Å². The van der Waals surface area contributed by atoms with Gasteiger partial charge >= 0.3 is 0 Å². The van der Waals surface area contributed by atoms with E-state index in [1.807, 2.05) is 25.6 Å². The summed E-state index contributed by atoms with van der Waals surface area (Å²) in [5, 5.41) is 12.6. The fourth-order valence-corrected chi connectivity index (χ4v) is 4.16. The summed E-state index contributed by atoms with van der Waals surface area (Å²) in [6.07, 6.45) is 10.1. The van der Waals surface area contributed by atoms with Crippen LogP contribution in [0.2, 0.25) is 0 Å². The van der Waals surface area contributed by atoms with Crippen molar-refractivity contribution in [1.82, 2.24) is 5.32 Å². The van der Waals surface area contributed by atoms with Gasteiger partial charge in [0, 0.05) is 11.3 Å². The maximum atomic E-state index is 12.5. The number of nitrogens with one attached hydrogen (secondary N) is 1. The summed E-state index contributed by atoms with van der Waals surface area (Å²) in [5.74, 6) is -0.0518. The largest absolute Gasteiger partial charge is 0.353 e. The van der Waals surface area contributed by atoms with Crippen molar-refractivity contribution >= 4 is 17.7 Å². The number of amides is 1. The second kappa shape index (κ2) is 7.93. The number of carbonyl (C=O) groups is 1. The van der Waals surface area contributed by atoms with Gasteiger partial charge in [0.15, 0.2) is 0 Å². The van der Waals surface area contributed by atoms with E-state index in [9.17, 15) is 10.1 Å². The molecule has 1 N–H and O–H groups in total. The average molecular weight is 296 g/mol. The number of nitrogens with zero attached hydrogens (tertiary/aromatic N) is 1. The minimum Gasteiger partial charge on any atom is -0.353 e. The molecule has 3 nitrogen and oxygen atoms in total. The summed E-state index contributed by atoms with van der Waals surface area (Å²) in [6.45, 7) is 4.79. The molecule has 20 heavy (non-hydrogen) atoms. The van der Waals surface area contributed by atoms with Gasteiger partial charge in [-0.15, -0.1) is 0 Å². The highest BCUT2D eigenvalue weighted by molar-refractivity contribution is 8.00. The Labute approximate surface area is 127 Å². The second-order valence-electron chi connectivity index (χ2n) is 5.97. The van der Waals surface area contributed by atoms with Crippen LogP contribution < -0.4 is 5.32 Å². The number of hydrogen-bond donors (Lipinski definition) is 1. The van der Waals surface area contributed by atoms with Gasteiger partial charge in [-0.3, -0.25) is 4.79 Å². The van der Waals surface area contributed by atoms with Crippen molar-refractivity contribution in [3.8, 4) is 6.07 Å². The minimum absolute atomic E-state index is 0.0518. The maximum absolute atomic E-state index is 12.5. The van der Waals surface area contributed by atoms with Crippen molar-refractivity contribution < 1.29 is 4.79 Å². The molecule has 1 rings (SSSR count). The molecule has 0 aromatic rings. The molecule has 0 spiro atoms. The standard InChI is InChI=1S/C16H28N2OS/c1-4-8-15(12-17,9-5-2)14(19)18-13-16(20-3)10-6-7-11-16/h4-11,13H2,1-3H3,(H,18,19). The zero-order valence-corrected chi connectivity index (χ0v) is 13.9. The van der Waals surface area contributed by atoms with Crippen molar-refractivity contribution in [1.29, 1.82) is 5.26 Å². The quantitative estimate of drug-likeness (QED) is 0.739. The highest BCUT2D eigenvalue weighted by Crippen LogP contribution is 2.40. The normalized spacial score (nSPS) is 17.7. The van der Waals surface area contributed by atoms with Crippen LogP contribution >= 0.6 is 11.8 Å². The van der Waals surface area contributed by atoms with Crippen molar-refractivity contribution in [3.05, 3.63) is 0 Å². The molecular weight excluding hydrogens is 268 g/mol. The molecular formula is C16H28N2OS. The molecule has 1 fully saturated rings. The smallest absolute Gasteiger partial charge is 0.240 e. The Hall–Kier alpha value is -0.690. The summed E-state index contributed by atoms with van der Waals surface area (Å²) < 4.78 is 0.204. The highest BCUT2D eigenvalue weighted by atomic mass is 32.2. The molecule has 0 atom stereocenters. The zero-order valence-electron chi connectivity index (χ0n) is 13.1. The predicted molar refractivity (Wildman–Crippen MR) is 85.6 cm³/mol. The van der Waals surface area contributed by atoms with E-state index in [0.717, 1.165) is 12.8 Å². The Morgan fingerprint density at radius 3 is 2.25 bits per heavy atom. The summed E-state index contributed by atoms with van der Waals surface area (Å²) >= 11 is 1.87. The predicted octanol–water partition coefficient (Wildman–Crippen LogP) is 3.89. The number of thioether (sulfide) groups is 1. The van der Waals surface area contributed by atoms with Crippen LogP contribution in [0.5, 0.6) is 0 Å². The third-order valence-electron chi connectivity index (χ3n) is 4.52. The number of rotatable bonds is 8. The monoisotopic (exact) mass is 296 g/mol. The molecule has 0 radical (unpaired) electrons. The van der Waals surface area contributed by atoms with E-state index in [1.165, 1.54) is 25.7 Å². The lowest BCUT2D eigenvalue weighted by atomic mass is 9.79. The van der Waals surface area contributed by atoms with Gasteiger partial charge in [-0.1, -0.05) is 39.5 Å². The number of carbonyl (C=O) groups excluding carboxylic acids is 1. The molecule has 0 aromatic heterocycles. The van der Waals surface area contributed by atoms with Gasteiger partial charge in [-0.25, -0.2) is 0 Å². The van der Waals surface area contributed by atoms with Crippen molar-refractivity contribution in [2.24, 2.45) is 5.41 Å². The first-order valence-electron chi connectivity index (χ1n) is 7.83. The lowest BCUT2D eigenvalue weighted by molar-refractivity contribution is -0.129. The van der Waals surface area contributed by atoms with Gasteiger partial charge < -0.3 is 5.32 Å². The third kappa shape index (κ3) is 3.91. The van der Waals surface area contributed by atoms with Crippen LogP contribution in [-0.4, -0.2) is 23.5 Å². The van der Waals surface area contributed by atoms with Crippen LogP contribution in [0.15, 0.2) is 0 Å². The first kappa shape index (κ1) is 17.4. The molecule has 114 valence electrons. The molecule has 4 heteroatoms. The lowest BCUT2D eigenvalue weighted by Crippen LogP contribution is -2.45. The maximum Gasteiger partial charge on any atom is 0.240 e. The molecule has 1 aliphatic carbocycles. The van der Waals surface area contributed by atoms with Gasteiger partial charge in [0.05, 0.1) is 6.07 Å². The second-order valence-corrected chi connectivity index (χ2v) is 7.25. The van der Waals surface area contributed by atoms with Gasteiger partial charge in [0.25, 0.3) is 0 Å². The van der Waals surface area contributed by atoms with E-state index >= 15 is 0 Å². The van der Waals surface area contributed by atoms with Crippen molar-refractivity contribution in [2.45, 2.75) is 70.0 Å². The lowest BCUT2D eigenvalue weighted by Gasteiger charge is -2.30. The van der Waals surface area contributed by atoms with Gasteiger partial charge in [0.2, 0.25) is 5.91 Å². The minimum atomic E-state index is -0.818. The van der Waals surface area contributed by atoms with Crippen LogP contribution in [0.25, 0.3) is 0 Å². The van der Waals surface area contributed by atoms with Crippen LogP contribution in [0, 0.1) is 16.7 Å². The van der Waals surface area contributed by atoms with E-state index in [-0.39, 0.29) is 10.7 Å². The summed E-state index contributed by atoms with van der Waals surface area (Å²) in [6, 6.07) is 2.30.